The van der Waals surface area contributed by atoms with E-state index in [1.807, 2.05) is 0 Å². The first-order chi connectivity index (χ1) is 5.00. The minimum Gasteiger partial charge on any atom is -0.166 e. The van der Waals surface area contributed by atoms with Gasteiger partial charge in [0.2, 0.25) is 0 Å². The molecule has 0 saturated heterocycles. The van der Waals surface area contributed by atoms with E-state index in [1.165, 1.54) is 12.1 Å². The molecule has 0 amide bonds. The zero-order valence-electron chi connectivity index (χ0n) is 5.90. The van der Waals surface area contributed by atoms with Crippen LogP contribution in [0.25, 0.3) is 0 Å². The number of alkyl halides is 3. The van der Waals surface area contributed by atoms with E-state index in [2.05, 4.69) is 0 Å². The predicted octanol–water partition coefficient (Wildman–Crippen LogP) is 2.98. The third-order valence-electron chi connectivity index (χ3n) is 1.15. The molecular weight excluding hydrogens is 187 g/mol. The van der Waals surface area contributed by atoms with Gasteiger partial charge in [0.05, 0.1) is 5.56 Å². The highest BCUT2D eigenvalue weighted by Crippen LogP contribution is 2.30. The summed E-state index contributed by atoms with van der Waals surface area (Å²) in [5.41, 5.74) is -0.718. The lowest BCUT2D eigenvalue weighted by Crippen LogP contribution is -2.03. The molecule has 0 aliphatic carbocycles. The smallest absolute Gasteiger partial charge is 0.166 e. The largest absolute Gasteiger partial charge is 0.416 e. The van der Waals surface area contributed by atoms with E-state index in [1.54, 1.807) is 0 Å². The minimum atomic E-state index is -4.30. The second-order valence-electron chi connectivity index (χ2n) is 2.01. The molecule has 0 aromatic heterocycles. The quantitative estimate of drug-likeness (QED) is 0.553. The molecule has 0 heterocycles. The van der Waals surface area contributed by atoms with E-state index in [0.717, 1.165) is 12.1 Å². The van der Waals surface area contributed by atoms with E-state index in [4.69, 9.17) is 11.6 Å². The Morgan fingerprint density at radius 2 is 1.75 bits per heavy atom. The third-order valence-corrected chi connectivity index (χ3v) is 1.39. The molecule has 3 radical (unpaired) electrons. The molecule has 0 nitrogen and oxygen atoms in total. The van der Waals surface area contributed by atoms with Crippen LogP contribution in [0, 0.1) is 0 Å². The highest BCUT2D eigenvalue weighted by atomic mass is 35.5. The van der Waals surface area contributed by atoms with Crippen LogP contribution in [-0.4, -0.2) is 8.41 Å². The lowest BCUT2D eigenvalue weighted by Gasteiger charge is -2.05. The SMILES string of the molecule is FC(F)(F)c1cccc(Cl)c1.[B]. The Bertz CT molecular complexity index is 259. The average molecular weight is 191 g/mol. The van der Waals surface area contributed by atoms with Crippen molar-refractivity contribution in [2.75, 3.05) is 0 Å². The molecule has 1 aromatic carbocycles. The Morgan fingerprint density at radius 3 is 2.08 bits per heavy atom. The summed E-state index contributed by atoms with van der Waals surface area (Å²) in [6.07, 6.45) is -4.30. The summed E-state index contributed by atoms with van der Waals surface area (Å²) >= 11 is 5.35. The van der Waals surface area contributed by atoms with Gasteiger partial charge in [-0.25, -0.2) is 0 Å². The Kier molecular flexibility index (Phi) is 3.65. The molecule has 5 heteroatoms. The van der Waals surface area contributed by atoms with Crippen molar-refractivity contribution in [2.45, 2.75) is 6.18 Å². The van der Waals surface area contributed by atoms with Gasteiger partial charge in [-0.05, 0) is 18.2 Å². The van der Waals surface area contributed by atoms with Crippen molar-refractivity contribution in [3.63, 3.8) is 0 Å². The summed E-state index contributed by atoms with van der Waals surface area (Å²) in [6, 6.07) is 4.54. The molecule has 0 N–H and O–H groups in total. The van der Waals surface area contributed by atoms with Crippen LogP contribution >= 0.6 is 11.6 Å². The highest BCUT2D eigenvalue weighted by Gasteiger charge is 2.30. The first-order valence-corrected chi connectivity index (χ1v) is 3.21. The summed E-state index contributed by atoms with van der Waals surface area (Å²) in [7, 11) is 0. The van der Waals surface area contributed by atoms with Gasteiger partial charge in [0, 0.05) is 13.4 Å². The van der Waals surface area contributed by atoms with Crippen LogP contribution in [0.4, 0.5) is 13.2 Å². The summed E-state index contributed by atoms with van der Waals surface area (Å²) in [5, 5.41) is 0.0971. The van der Waals surface area contributed by atoms with Crippen LogP contribution < -0.4 is 0 Å². The van der Waals surface area contributed by atoms with Gasteiger partial charge in [0.15, 0.2) is 0 Å². The van der Waals surface area contributed by atoms with E-state index in [9.17, 15) is 13.2 Å². The maximum absolute atomic E-state index is 11.9. The standard InChI is InChI=1S/C7H4ClF3.B/c8-6-3-1-2-5(4-6)7(9,10)11;/h1-4H;. The van der Waals surface area contributed by atoms with Crippen LogP contribution in [-0.2, 0) is 6.18 Å². The number of benzene rings is 1. The molecule has 1 rings (SSSR count). The maximum atomic E-state index is 11.9. The van der Waals surface area contributed by atoms with Crippen LogP contribution in [0.5, 0.6) is 0 Å². The van der Waals surface area contributed by atoms with Gasteiger partial charge in [0.1, 0.15) is 0 Å². The Morgan fingerprint density at radius 1 is 1.17 bits per heavy atom. The first kappa shape index (κ1) is 11.4. The Hall–Kier alpha value is -0.635. The van der Waals surface area contributed by atoms with Crippen LogP contribution in [0.1, 0.15) is 5.56 Å². The van der Waals surface area contributed by atoms with Gasteiger partial charge >= 0.3 is 6.18 Å². The fourth-order valence-corrected chi connectivity index (χ4v) is 0.855. The van der Waals surface area contributed by atoms with E-state index in [0.29, 0.717) is 0 Å². The molecule has 0 unspecified atom stereocenters. The lowest BCUT2D eigenvalue weighted by molar-refractivity contribution is -0.137. The van der Waals surface area contributed by atoms with E-state index < -0.39 is 11.7 Å². The van der Waals surface area contributed by atoms with Gasteiger partial charge < -0.3 is 0 Å². The van der Waals surface area contributed by atoms with Crippen molar-refractivity contribution in [3.05, 3.63) is 34.9 Å². The summed E-state index contributed by atoms with van der Waals surface area (Å²) in [5.74, 6) is 0. The van der Waals surface area contributed by atoms with Gasteiger partial charge in [-0.1, -0.05) is 17.7 Å². The molecule has 0 bridgehead atoms. The third kappa shape index (κ3) is 2.78. The zero-order valence-corrected chi connectivity index (χ0v) is 6.65. The van der Waals surface area contributed by atoms with Crippen molar-refractivity contribution >= 4 is 20.0 Å². The van der Waals surface area contributed by atoms with Crippen LogP contribution in [0.3, 0.4) is 0 Å². The summed E-state index contributed by atoms with van der Waals surface area (Å²) < 4.78 is 35.7. The fraction of sp³-hybridized carbons (Fsp3) is 0.143. The molecule has 0 atom stereocenters. The molecule has 0 fully saturated rings. The molecule has 12 heavy (non-hydrogen) atoms. The maximum Gasteiger partial charge on any atom is 0.416 e. The molecule has 0 spiro atoms. The second-order valence-corrected chi connectivity index (χ2v) is 2.44. The van der Waals surface area contributed by atoms with E-state index >= 15 is 0 Å². The highest BCUT2D eigenvalue weighted by molar-refractivity contribution is 6.30. The summed E-state index contributed by atoms with van der Waals surface area (Å²) in [4.78, 5) is 0. The molecule has 63 valence electrons. The lowest BCUT2D eigenvalue weighted by atomic mass is 10.2. The second kappa shape index (κ2) is 3.85. The number of rotatable bonds is 0. The molecule has 0 aliphatic heterocycles. The molecule has 0 saturated carbocycles. The Labute approximate surface area is 74.9 Å². The first-order valence-electron chi connectivity index (χ1n) is 2.83. The van der Waals surface area contributed by atoms with Crippen molar-refractivity contribution < 1.29 is 13.2 Å². The van der Waals surface area contributed by atoms with Crippen LogP contribution in [0.15, 0.2) is 24.3 Å². The number of hydrogen-bond acceptors (Lipinski definition) is 0. The van der Waals surface area contributed by atoms with Gasteiger partial charge in [-0.2, -0.15) is 13.2 Å². The van der Waals surface area contributed by atoms with Crippen molar-refractivity contribution in [1.82, 2.24) is 0 Å². The van der Waals surface area contributed by atoms with Crippen LogP contribution in [0.2, 0.25) is 5.02 Å². The monoisotopic (exact) mass is 191 g/mol. The molecule has 0 aliphatic rings. The number of halogens is 4. The van der Waals surface area contributed by atoms with Gasteiger partial charge in [0.25, 0.3) is 0 Å². The Balaban J connectivity index is 0.00000121. The van der Waals surface area contributed by atoms with Crippen molar-refractivity contribution in [1.29, 1.82) is 0 Å². The van der Waals surface area contributed by atoms with Crippen molar-refractivity contribution in [2.24, 2.45) is 0 Å². The van der Waals surface area contributed by atoms with Gasteiger partial charge in [-0.3, -0.25) is 0 Å². The minimum absolute atomic E-state index is 0. The zero-order chi connectivity index (χ0) is 8.48. The van der Waals surface area contributed by atoms with Crippen molar-refractivity contribution in [3.8, 4) is 0 Å². The fourth-order valence-electron chi connectivity index (χ4n) is 0.665. The predicted molar refractivity (Wildman–Crippen MR) is 42.2 cm³/mol. The summed E-state index contributed by atoms with van der Waals surface area (Å²) in [6.45, 7) is 0. The average Bonchev–Trinajstić information content (AvgIpc) is 1.86. The van der Waals surface area contributed by atoms with E-state index in [-0.39, 0.29) is 13.4 Å². The molecule has 1 aromatic rings. The topological polar surface area (TPSA) is 0 Å². The molecular formula is C7H4BClF3. The normalized spacial score (nSPS) is 10.7. The van der Waals surface area contributed by atoms with Gasteiger partial charge in [-0.15, -0.1) is 0 Å². The number of hydrogen-bond donors (Lipinski definition) is 0.